The highest BCUT2D eigenvalue weighted by molar-refractivity contribution is 6.74. The monoisotopic (exact) mass is 646 g/mol. The minimum Gasteiger partial charge on any atom is -0.497 e. The molecule has 0 amide bonds. The Balaban J connectivity index is 1.40. The van der Waals surface area contributed by atoms with Crippen LogP contribution >= 0.6 is 11.6 Å². The van der Waals surface area contributed by atoms with Gasteiger partial charge in [0.1, 0.15) is 30.1 Å². The van der Waals surface area contributed by atoms with E-state index in [1.165, 1.54) is 0 Å². The number of anilines is 1. The maximum absolute atomic E-state index is 6.78. The summed E-state index contributed by atoms with van der Waals surface area (Å²) in [6.45, 7) is 12.5. The first-order valence-corrected chi connectivity index (χ1v) is 18.0. The zero-order chi connectivity index (χ0) is 32.2. The van der Waals surface area contributed by atoms with Crippen LogP contribution in [-0.2, 0) is 11.0 Å². The van der Waals surface area contributed by atoms with E-state index in [4.69, 9.17) is 34.7 Å². The third-order valence-corrected chi connectivity index (χ3v) is 13.1. The van der Waals surface area contributed by atoms with Gasteiger partial charge in [-0.15, -0.1) is 0 Å². The Hall–Kier alpha value is -4.12. The van der Waals surface area contributed by atoms with E-state index >= 15 is 0 Å². The third-order valence-electron chi connectivity index (χ3n) is 8.26. The lowest BCUT2D eigenvalue weighted by atomic mass is 9.97. The van der Waals surface area contributed by atoms with E-state index in [1.54, 1.807) is 32.9 Å². The fourth-order valence-corrected chi connectivity index (χ4v) is 5.90. The molecule has 9 nitrogen and oxygen atoms in total. The van der Waals surface area contributed by atoms with Gasteiger partial charge in [-0.05, 0) is 65.7 Å². The van der Waals surface area contributed by atoms with Crippen molar-refractivity contribution < 1.29 is 23.1 Å². The first-order valence-electron chi connectivity index (χ1n) is 14.7. The van der Waals surface area contributed by atoms with Crippen LogP contribution in [0.4, 0.5) is 5.69 Å². The molecular formula is C34H39ClN4O5Si. The van der Waals surface area contributed by atoms with Gasteiger partial charge in [0, 0.05) is 29.1 Å². The first-order chi connectivity index (χ1) is 21.5. The summed E-state index contributed by atoms with van der Waals surface area (Å²) in [6.07, 6.45) is 4.87. The number of rotatable bonds is 12. The molecule has 11 heteroatoms. The van der Waals surface area contributed by atoms with Crippen LogP contribution in [0.25, 0.3) is 33.5 Å². The minimum absolute atomic E-state index is 0.121. The van der Waals surface area contributed by atoms with E-state index in [9.17, 15) is 0 Å². The van der Waals surface area contributed by atoms with Crippen molar-refractivity contribution in [2.24, 2.45) is 0 Å². The number of aromatic nitrogens is 3. The molecule has 3 aromatic carbocycles. The molecule has 0 fully saturated rings. The van der Waals surface area contributed by atoms with Crippen LogP contribution in [0, 0.1) is 0 Å². The van der Waals surface area contributed by atoms with Gasteiger partial charge in [0.15, 0.2) is 8.32 Å². The maximum Gasteiger partial charge on any atom is 0.226 e. The zero-order valence-electron chi connectivity index (χ0n) is 26.7. The van der Waals surface area contributed by atoms with Crippen molar-refractivity contribution in [3.05, 3.63) is 77.8 Å². The van der Waals surface area contributed by atoms with Crippen molar-refractivity contribution in [2.75, 3.05) is 32.8 Å². The van der Waals surface area contributed by atoms with Gasteiger partial charge in [0.2, 0.25) is 5.89 Å². The summed E-state index contributed by atoms with van der Waals surface area (Å²) in [5.74, 6) is 2.47. The molecule has 0 atom stereocenters. The molecule has 0 aliphatic rings. The summed E-state index contributed by atoms with van der Waals surface area (Å²) in [5.41, 5.74) is 5.01. The summed E-state index contributed by atoms with van der Waals surface area (Å²) >= 11 is 6.78. The molecule has 2 aromatic heterocycles. The van der Waals surface area contributed by atoms with Gasteiger partial charge >= 0.3 is 0 Å². The van der Waals surface area contributed by atoms with E-state index in [1.807, 2.05) is 48.5 Å². The number of hydrogen-bond donors (Lipinski definition) is 1. The summed E-state index contributed by atoms with van der Waals surface area (Å²) < 4.78 is 29.0. The van der Waals surface area contributed by atoms with Gasteiger partial charge in [0.25, 0.3) is 0 Å². The molecule has 0 aliphatic heterocycles. The number of fused-ring (bicyclic) bond motifs is 1. The van der Waals surface area contributed by atoms with E-state index in [-0.39, 0.29) is 5.04 Å². The van der Waals surface area contributed by atoms with Gasteiger partial charge in [0.05, 0.1) is 49.4 Å². The summed E-state index contributed by atoms with van der Waals surface area (Å²) in [6, 6.07) is 15.5. The first kappa shape index (κ1) is 32.3. The highest BCUT2D eigenvalue weighted by Crippen LogP contribution is 2.41. The number of methoxy groups -OCH3 is 2. The predicted octanol–water partition coefficient (Wildman–Crippen LogP) is 8.64. The number of ether oxygens (including phenoxy) is 3. The van der Waals surface area contributed by atoms with Crippen LogP contribution in [0.2, 0.25) is 23.2 Å². The molecular weight excluding hydrogens is 608 g/mol. The van der Waals surface area contributed by atoms with Crippen LogP contribution in [0.3, 0.4) is 0 Å². The fraction of sp³-hybridized carbons (Fsp3) is 0.324. The van der Waals surface area contributed by atoms with Crippen molar-refractivity contribution in [1.82, 2.24) is 15.2 Å². The number of nitrogens with one attached hydrogen (secondary N) is 1. The number of nitrogens with zero attached hydrogens (tertiary/aromatic N) is 3. The summed E-state index contributed by atoms with van der Waals surface area (Å²) in [7, 11) is 1.39. The van der Waals surface area contributed by atoms with Gasteiger partial charge in [-0.1, -0.05) is 38.4 Å². The van der Waals surface area contributed by atoms with Crippen molar-refractivity contribution >= 4 is 36.5 Å². The fourth-order valence-electron chi connectivity index (χ4n) is 4.66. The summed E-state index contributed by atoms with van der Waals surface area (Å²) in [4.78, 5) is 4.41. The molecule has 1 N–H and O–H groups in total. The van der Waals surface area contributed by atoms with Gasteiger partial charge in [-0.25, -0.2) is 4.98 Å². The van der Waals surface area contributed by atoms with Gasteiger partial charge < -0.3 is 28.4 Å². The Labute approximate surface area is 270 Å². The van der Waals surface area contributed by atoms with Crippen LogP contribution in [0.1, 0.15) is 26.3 Å². The maximum atomic E-state index is 6.78. The average molecular weight is 647 g/mol. The van der Waals surface area contributed by atoms with Crippen LogP contribution in [0.15, 0.2) is 71.6 Å². The van der Waals surface area contributed by atoms with E-state index in [0.717, 1.165) is 50.3 Å². The highest BCUT2D eigenvalue weighted by Gasteiger charge is 2.37. The number of oxazole rings is 1. The van der Waals surface area contributed by atoms with E-state index in [2.05, 4.69) is 54.4 Å². The predicted molar refractivity (Wildman–Crippen MR) is 181 cm³/mol. The SMILES string of the molecule is COc1ccc(CNc2cnnc3cc(-c4cc(Cl)c(OCCO[Si](C)(C)C(C)(C)C)cc4-c4ncco4)ccc23)c(OC)c1. The van der Waals surface area contributed by atoms with Gasteiger partial charge in [-0.2, -0.15) is 10.2 Å². The standard InChI is InChI=1S/C34H39ClN4O5Si/c1-34(2,3)45(6,7)44-15-14-42-32-19-27(33-36-12-13-43-33)26(18-28(32)35)22-9-11-25-29(16-22)39-38-21-30(25)37-20-23-8-10-24(40-4)17-31(23)41-5/h8-13,16-19,21H,14-15,20H2,1-7H3,(H,37,39). The Bertz CT molecular complexity index is 1770. The molecule has 0 unspecified atom stereocenters. The second-order valence-corrected chi connectivity index (χ2v) is 17.4. The molecule has 45 heavy (non-hydrogen) atoms. The third kappa shape index (κ3) is 7.24. The second-order valence-electron chi connectivity index (χ2n) is 12.1. The normalized spacial score (nSPS) is 11.9. The van der Waals surface area contributed by atoms with Crippen molar-refractivity contribution in [2.45, 2.75) is 45.4 Å². The molecule has 2 heterocycles. The molecule has 0 saturated carbocycles. The lowest BCUT2D eigenvalue weighted by Crippen LogP contribution is -2.41. The lowest BCUT2D eigenvalue weighted by Gasteiger charge is -2.36. The van der Waals surface area contributed by atoms with E-state index < -0.39 is 8.32 Å². The molecule has 236 valence electrons. The minimum atomic E-state index is -1.89. The van der Waals surface area contributed by atoms with E-state index in [0.29, 0.717) is 36.4 Å². The molecule has 0 spiro atoms. The second kappa shape index (κ2) is 13.5. The topological polar surface area (TPSA) is 101 Å². The molecule has 0 aliphatic carbocycles. The Morgan fingerprint density at radius 2 is 1.76 bits per heavy atom. The number of halogens is 1. The lowest BCUT2D eigenvalue weighted by molar-refractivity contribution is 0.203. The van der Waals surface area contributed by atoms with Crippen molar-refractivity contribution in [3.63, 3.8) is 0 Å². The molecule has 0 saturated heterocycles. The summed E-state index contributed by atoms with van der Waals surface area (Å²) in [5, 5.41) is 13.7. The average Bonchev–Trinajstić information content (AvgIpc) is 3.56. The molecule has 0 bridgehead atoms. The smallest absolute Gasteiger partial charge is 0.226 e. The number of hydrogen-bond acceptors (Lipinski definition) is 9. The molecule has 5 aromatic rings. The van der Waals surface area contributed by atoms with Crippen LogP contribution in [-0.4, -0.2) is 50.9 Å². The van der Waals surface area contributed by atoms with Crippen LogP contribution in [0.5, 0.6) is 17.2 Å². The number of benzene rings is 3. The van der Waals surface area contributed by atoms with Crippen LogP contribution < -0.4 is 19.5 Å². The Kier molecular flexibility index (Phi) is 9.67. The van der Waals surface area contributed by atoms with Crippen molar-refractivity contribution in [3.8, 4) is 39.8 Å². The molecule has 5 rings (SSSR count). The Morgan fingerprint density at radius 1 is 0.933 bits per heavy atom. The van der Waals surface area contributed by atoms with Crippen molar-refractivity contribution in [1.29, 1.82) is 0 Å². The highest BCUT2D eigenvalue weighted by atomic mass is 35.5. The Morgan fingerprint density at radius 3 is 2.47 bits per heavy atom. The quantitative estimate of drug-likeness (QED) is 0.105. The largest absolute Gasteiger partial charge is 0.497 e. The van der Waals surface area contributed by atoms with Gasteiger partial charge in [-0.3, -0.25) is 0 Å². The zero-order valence-corrected chi connectivity index (χ0v) is 28.5. The molecule has 0 radical (unpaired) electrons.